The molecule has 7 heteroatoms. The summed E-state index contributed by atoms with van der Waals surface area (Å²) in [4.78, 5) is 25.9. The fraction of sp³-hybridized carbons (Fsp3) is 0.320. The summed E-state index contributed by atoms with van der Waals surface area (Å²) in [5, 5.41) is 6.38. The molecule has 2 N–H and O–H groups in total. The Morgan fingerprint density at radius 3 is 2.19 bits per heavy atom. The molecular formula is C25H30N6O. The van der Waals surface area contributed by atoms with Crippen LogP contribution in [0.15, 0.2) is 48.5 Å². The molecule has 0 saturated carbocycles. The van der Waals surface area contributed by atoms with Crippen molar-refractivity contribution in [3.8, 4) is 0 Å². The highest BCUT2D eigenvalue weighted by Crippen LogP contribution is 2.22. The minimum atomic E-state index is -0.0616. The number of aromatic nitrogens is 2. The predicted molar refractivity (Wildman–Crippen MR) is 130 cm³/mol. The lowest BCUT2D eigenvalue weighted by atomic mass is 10.1. The van der Waals surface area contributed by atoms with Gasteiger partial charge in [-0.15, -0.1) is 0 Å². The van der Waals surface area contributed by atoms with E-state index >= 15 is 0 Å². The van der Waals surface area contributed by atoms with Crippen LogP contribution in [0.1, 0.15) is 22.5 Å². The van der Waals surface area contributed by atoms with Gasteiger partial charge < -0.3 is 20.4 Å². The number of carbonyl (C=O) groups is 1. The molecule has 1 aliphatic rings. The largest absolute Gasteiger partial charge is 0.353 e. The Labute approximate surface area is 189 Å². The standard InChI is InChI=1S/C25H30N6O/c1-17-5-8-21(9-6-17)28-23-16-24(27-20(4)26-23)30-11-13-31(14-12-30)25(32)29-22-10-7-18(2)19(3)15-22/h5-10,15-16H,11-14H2,1-4H3,(H,29,32)(H,26,27,28). The molecule has 32 heavy (non-hydrogen) atoms. The number of anilines is 4. The van der Waals surface area contributed by atoms with Gasteiger partial charge in [-0.3, -0.25) is 0 Å². The van der Waals surface area contributed by atoms with Crippen LogP contribution in [-0.4, -0.2) is 47.1 Å². The maximum absolute atomic E-state index is 12.7. The van der Waals surface area contributed by atoms with Gasteiger partial charge in [0.25, 0.3) is 0 Å². The molecule has 4 rings (SSSR count). The number of nitrogens with one attached hydrogen (secondary N) is 2. The molecule has 0 radical (unpaired) electrons. The van der Waals surface area contributed by atoms with Crippen molar-refractivity contribution in [2.45, 2.75) is 27.7 Å². The van der Waals surface area contributed by atoms with Gasteiger partial charge in [-0.25, -0.2) is 14.8 Å². The molecule has 1 saturated heterocycles. The predicted octanol–water partition coefficient (Wildman–Crippen LogP) is 4.81. The number of piperazine rings is 1. The van der Waals surface area contributed by atoms with Gasteiger partial charge in [-0.05, 0) is 63.1 Å². The second-order valence-corrected chi connectivity index (χ2v) is 8.35. The molecule has 2 heterocycles. The molecule has 2 amide bonds. The molecule has 0 bridgehead atoms. The summed E-state index contributed by atoms with van der Waals surface area (Å²) in [5.41, 5.74) is 5.43. The molecule has 7 nitrogen and oxygen atoms in total. The van der Waals surface area contributed by atoms with Crippen LogP contribution in [-0.2, 0) is 0 Å². The van der Waals surface area contributed by atoms with E-state index in [1.807, 2.05) is 48.2 Å². The SMILES string of the molecule is Cc1ccc(Nc2cc(N3CCN(C(=O)Nc4ccc(C)c(C)c4)CC3)nc(C)n2)cc1. The fourth-order valence-corrected chi connectivity index (χ4v) is 3.72. The highest BCUT2D eigenvalue weighted by Gasteiger charge is 2.22. The summed E-state index contributed by atoms with van der Waals surface area (Å²) in [6.45, 7) is 10.8. The fourth-order valence-electron chi connectivity index (χ4n) is 3.72. The highest BCUT2D eigenvalue weighted by atomic mass is 16.2. The highest BCUT2D eigenvalue weighted by molar-refractivity contribution is 5.89. The lowest BCUT2D eigenvalue weighted by Gasteiger charge is -2.35. The molecule has 1 aromatic heterocycles. The number of aryl methyl sites for hydroxylation is 4. The first kappa shape index (κ1) is 21.6. The summed E-state index contributed by atoms with van der Waals surface area (Å²) in [6, 6.07) is 16.1. The van der Waals surface area contributed by atoms with Crippen LogP contribution in [0.5, 0.6) is 0 Å². The summed E-state index contributed by atoms with van der Waals surface area (Å²) in [6.07, 6.45) is 0. The second kappa shape index (κ2) is 9.26. The number of urea groups is 1. The summed E-state index contributed by atoms with van der Waals surface area (Å²) >= 11 is 0. The van der Waals surface area contributed by atoms with Crippen molar-refractivity contribution in [1.29, 1.82) is 0 Å². The topological polar surface area (TPSA) is 73.4 Å². The third kappa shape index (κ3) is 5.17. The molecule has 2 aromatic carbocycles. The van der Waals surface area contributed by atoms with Crippen LogP contribution in [0.25, 0.3) is 0 Å². The Kier molecular flexibility index (Phi) is 6.25. The average molecular weight is 431 g/mol. The smallest absolute Gasteiger partial charge is 0.321 e. The van der Waals surface area contributed by atoms with Gasteiger partial charge in [0, 0.05) is 43.6 Å². The molecule has 0 aliphatic carbocycles. The Balaban J connectivity index is 1.38. The van der Waals surface area contributed by atoms with Crippen LogP contribution in [0, 0.1) is 27.7 Å². The van der Waals surface area contributed by atoms with Crippen molar-refractivity contribution >= 4 is 29.0 Å². The Morgan fingerprint density at radius 1 is 0.812 bits per heavy atom. The van der Waals surface area contributed by atoms with E-state index in [4.69, 9.17) is 0 Å². The van der Waals surface area contributed by atoms with Crippen LogP contribution >= 0.6 is 0 Å². The zero-order valence-electron chi connectivity index (χ0n) is 19.1. The number of nitrogens with zero attached hydrogens (tertiary/aromatic N) is 4. The Bertz CT molecular complexity index is 1100. The quantitative estimate of drug-likeness (QED) is 0.622. The van der Waals surface area contributed by atoms with Gasteiger partial charge >= 0.3 is 6.03 Å². The van der Waals surface area contributed by atoms with Crippen molar-refractivity contribution in [1.82, 2.24) is 14.9 Å². The summed E-state index contributed by atoms with van der Waals surface area (Å²) in [5.74, 6) is 2.36. The maximum Gasteiger partial charge on any atom is 0.321 e. The number of hydrogen-bond acceptors (Lipinski definition) is 5. The van der Waals surface area contributed by atoms with Gasteiger partial charge in [0.1, 0.15) is 17.5 Å². The van der Waals surface area contributed by atoms with Crippen LogP contribution < -0.4 is 15.5 Å². The average Bonchev–Trinajstić information content (AvgIpc) is 2.77. The van der Waals surface area contributed by atoms with Crippen molar-refractivity contribution in [3.05, 3.63) is 71.0 Å². The number of hydrogen-bond donors (Lipinski definition) is 2. The number of carbonyl (C=O) groups excluding carboxylic acids is 1. The first-order chi connectivity index (χ1) is 15.4. The number of rotatable bonds is 4. The van der Waals surface area contributed by atoms with E-state index in [0.717, 1.165) is 36.1 Å². The first-order valence-corrected chi connectivity index (χ1v) is 10.9. The summed E-state index contributed by atoms with van der Waals surface area (Å²) in [7, 11) is 0. The molecule has 3 aromatic rings. The minimum Gasteiger partial charge on any atom is -0.353 e. The van der Waals surface area contributed by atoms with E-state index < -0.39 is 0 Å². The number of benzene rings is 2. The lowest BCUT2D eigenvalue weighted by Crippen LogP contribution is -2.50. The molecule has 0 unspecified atom stereocenters. The minimum absolute atomic E-state index is 0.0616. The molecule has 1 fully saturated rings. The van der Waals surface area contributed by atoms with Gasteiger partial charge in [0.15, 0.2) is 0 Å². The van der Waals surface area contributed by atoms with E-state index in [1.54, 1.807) is 0 Å². The third-order valence-corrected chi connectivity index (χ3v) is 5.80. The second-order valence-electron chi connectivity index (χ2n) is 8.35. The number of amides is 2. The van der Waals surface area contributed by atoms with Crippen molar-refractivity contribution in [3.63, 3.8) is 0 Å². The Morgan fingerprint density at radius 2 is 1.50 bits per heavy atom. The van der Waals surface area contributed by atoms with Gasteiger partial charge in [0.05, 0.1) is 0 Å². The van der Waals surface area contributed by atoms with E-state index in [2.05, 4.69) is 58.4 Å². The maximum atomic E-state index is 12.7. The van der Waals surface area contributed by atoms with Crippen LogP contribution in [0.3, 0.4) is 0 Å². The summed E-state index contributed by atoms with van der Waals surface area (Å²) < 4.78 is 0. The molecule has 0 spiro atoms. The van der Waals surface area contributed by atoms with Crippen molar-refractivity contribution in [2.75, 3.05) is 41.7 Å². The van der Waals surface area contributed by atoms with Crippen LogP contribution in [0.2, 0.25) is 0 Å². The third-order valence-electron chi connectivity index (χ3n) is 5.80. The van der Waals surface area contributed by atoms with Gasteiger partial charge in [-0.2, -0.15) is 0 Å². The van der Waals surface area contributed by atoms with E-state index in [9.17, 15) is 4.79 Å². The van der Waals surface area contributed by atoms with E-state index in [0.29, 0.717) is 18.9 Å². The normalized spacial score (nSPS) is 13.8. The van der Waals surface area contributed by atoms with Crippen LogP contribution in [0.4, 0.5) is 27.8 Å². The molecule has 1 aliphatic heterocycles. The van der Waals surface area contributed by atoms with E-state index in [1.165, 1.54) is 16.7 Å². The van der Waals surface area contributed by atoms with Gasteiger partial charge in [0.2, 0.25) is 0 Å². The van der Waals surface area contributed by atoms with Crippen molar-refractivity contribution < 1.29 is 4.79 Å². The zero-order chi connectivity index (χ0) is 22.7. The zero-order valence-corrected chi connectivity index (χ0v) is 19.1. The monoisotopic (exact) mass is 430 g/mol. The first-order valence-electron chi connectivity index (χ1n) is 10.9. The molecule has 0 atom stereocenters. The van der Waals surface area contributed by atoms with E-state index in [-0.39, 0.29) is 6.03 Å². The van der Waals surface area contributed by atoms with Gasteiger partial charge in [-0.1, -0.05) is 23.8 Å². The van der Waals surface area contributed by atoms with Crippen molar-refractivity contribution in [2.24, 2.45) is 0 Å². The molecule has 166 valence electrons. The molecular weight excluding hydrogens is 400 g/mol. The lowest BCUT2D eigenvalue weighted by molar-refractivity contribution is 0.208. The Hall–Kier alpha value is -3.61.